The standard InChI is InChI=1S/C19H19F3N6O2/c1-12-3-2-4-16(28(24)18(29)25-23)15(12)11-30-17-9-10-27(26-17)14-7-5-13(6-8-14)19(20,21)22/h2-10H,11,23-24H2,1H3,(H,25,29). The number of urea groups is 1. The number of nitrogens with two attached hydrogens (primary N) is 2. The molecule has 30 heavy (non-hydrogen) atoms. The van der Waals surface area contributed by atoms with E-state index in [1.807, 2.05) is 18.4 Å². The van der Waals surface area contributed by atoms with Gasteiger partial charge in [-0.15, -0.1) is 5.10 Å². The SMILES string of the molecule is Cc1cccc(N(N)C(=O)NN)c1COc1ccn(-c2ccc(C(F)(F)F)cc2)n1. The van der Waals surface area contributed by atoms with Crippen LogP contribution in [-0.4, -0.2) is 15.8 Å². The van der Waals surface area contributed by atoms with Gasteiger partial charge in [-0.1, -0.05) is 12.1 Å². The molecule has 0 spiro atoms. The molecule has 0 radical (unpaired) electrons. The highest BCUT2D eigenvalue weighted by molar-refractivity contribution is 5.91. The van der Waals surface area contributed by atoms with Gasteiger partial charge in [-0.05, 0) is 42.8 Å². The van der Waals surface area contributed by atoms with E-state index in [1.165, 1.54) is 16.8 Å². The molecule has 0 aliphatic heterocycles. The van der Waals surface area contributed by atoms with Gasteiger partial charge >= 0.3 is 12.2 Å². The summed E-state index contributed by atoms with van der Waals surface area (Å²) in [4.78, 5) is 11.7. The zero-order valence-electron chi connectivity index (χ0n) is 15.8. The molecule has 11 heteroatoms. The molecule has 0 unspecified atom stereocenters. The Labute approximate surface area is 169 Å². The van der Waals surface area contributed by atoms with Crippen molar-refractivity contribution in [1.82, 2.24) is 15.2 Å². The van der Waals surface area contributed by atoms with E-state index in [1.54, 1.807) is 24.4 Å². The van der Waals surface area contributed by atoms with Crippen molar-refractivity contribution < 1.29 is 22.7 Å². The molecule has 5 N–H and O–H groups in total. The number of halogens is 3. The van der Waals surface area contributed by atoms with Crippen molar-refractivity contribution in [2.24, 2.45) is 11.7 Å². The van der Waals surface area contributed by atoms with Gasteiger partial charge < -0.3 is 4.74 Å². The van der Waals surface area contributed by atoms with Crippen molar-refractivity contribution in [1.29, 1.82) is 0 Å². The number of nitrogens with zero attached hydrogens (tertiary/aromatic N) is 3. The maximum atomic E-state index is 12.7. The molecule has 0 aliphatic rings. The first-order chi connectivity index (χ1) is 14.2. The van der Waals surface area contributed by atoms with Crippen LogP contribution in [0.25, 0.3) is 5.69 Å². The number of hydrazine groups is 2. The lowest BCUT2D eigenvalue weighted by atomic mass is 10.1. The molecule has 0 bridgehead atoms. The minimum absolute atomic E-state index is 0.0532. The van der Waals surface area contributed by atoms with Crippen LogP contribution in [0.5, 0.6) is 5.88 Å². The summed E-state index contributed by atoms with van der Waals surface area (Å²) >= 11 is 0. The van der Waals surface area contributed by atoms with Crippen molar-refractivity contribution in [3.8, 4) is 11.6 Å². The van der Waals surface area contributed by atoms with Gasteiger partial charge in [-0.25, -0.2) is 26.2 Å². The van der Waals surface area contributed by atoms with Crippen molar-refractivity contribution in [3.05, 3.63) is 71.4 Å². The maximum absolute atomic E-state index is 12.7. The van der Waals surface area contributed by atoms with Crippen LogP contribution >= 0.6 is 0 Å². The molecule has 0 atom stereocenters. The number of alkyl halides is 3. The highest BCUT2D eigenvalue weighted by atomic mass is 19.4. The summed E-state index contributed by atoms with van der Waals surface area (Å²) in [6, 6.07) is 10.7. The summed E-state index contributed by atoms with van der Waals surface area (Å²) in [7, 11) is 0. The molecule has 1 aromatic heterocycles. The van der Waals surface area contributed by atoms with Gasteiger partial charge in [0, 0.05) is 17.8 Å². The van der Waals surface area contributed by atoms with E-state index >= 15 is 0 Å². The lowest BCUT2D eigenvalue weighted by Crippen LogP contribution is -2.48. The number of anilines is 1. The smallest absolute Gasteiger partial charge is 0.416 e. The second-order valence-electron chi connectivity index (χ2n) is 6.32. The van der Waals surface area contributed by atoms with Crippen molar-refractivity contribution in [2.75, 3.05) is 5.01 Å². The Kier molecular flexibility index (Phi) is 5.94. The largest absolute Gasteiger partial charge is 0.472 e. The number of aromatic nitrogens is 2. The molecule has 0 aliphatic carbocycles. The van der Waals surface area contributed by atoms with Crippen LogP contribution in [0.2, 0.25) is 0 Å². The van der Waals surface area contributed by atoms with Crippen LogP contribution in [0.3, 0.4) is 0 Å². The average molecular weight is 420 g/mol. The van der Waals surface area contributed by atoms with E-state index in [-0.39, 0.29) is 12.5 Å². The third-order valence-electron chi connectivity index (χ3n) is 4.38. The quantitative estimate of drug-likeness (QED) is 0.334. The topological polar surface area (TPSA) is 111 Å². The number of amides is 2. The van der Waals surface area contributed by atoms with Crippen LogP contribution < -0.4 is 26.9 Å². The highest BCUT2D eigenvalue weighted by Gasteiger charge is 2.30. The second kappa shape index (κ2) is 8.43. The van der Waals surface area contributed by atoms with Crippen LogP contribution in [0.1, 0.15) is 16.7 Å². The summed E-state index contributed by atoms with van der Waals surface area (Å²) in [5.74, 6) is 11.2. The van der Waals surface area contributed by atoms with Gasteiger partial charge in [-0.3, -0.25) is 5.43 Å². The predicted octanol–water partition coefficient (Wildman–Crippen LogP) is 3.04. The maximum Gasteiger partial charge on any atom is 0.416 e. The van der Waals surface area contributed by atoms with Gasteiger partial charge in [0.15, 0.2) is 0 Å². The molecule has 0 saturated carbocycles. The Morgan fingerprint density at radius 2 is 1.90 bits per heavy atom. The first-order valence-corrected chi connectivity index (χ1v) is 8.70. The summed E-state index contributed by atoms with van der Waals surface area (Å²) < 4.78 is 45.2. The number of hydrogen-bond acceptors (Lipinski definition) is 5. The number of aryl methyl sites for hydroxylation is 1. The van der Waals surface area contributed by atoms with Gasteiger partial charge in [0.25, 0.3) is 0 Å². The van der Waals surface area contributed by atoms with E-state index in [4.69, 9.17) is 16.4 Å². The van der Waals surface area contributed by atoms with Gasteiger partial charge in [-0.2, -0.15) is 13.2 Å². The number of carbonyl (C=O) groups is 1. The molecule has 2 aromatic carbocycles. The van der Waals surface area contributed by atoms with E-state index in [2.05, 4.69) is 5.10 Å². The molecule has 158 valence electrons. The minimum atomic E-state index is -4.40. The Bertz CT molecular complexity index is 1030. The lowest BCUT2D eigenvalue weighted by molar-refractivity contribution is -0.137. The van der Waals surface area contributed by atoms with E-state index in [9.17, 15) is 18.0 Å². The Morgan fingerprint density at radius 1 is 1.20 bits per heavy atom. The fraction of sp³-hybridized carbons (Fsp3) is 0.158. The van der Waals surface area contributed by atoms with Crippen LogP contribution in [-0.2, 0) is 12.8 Å². The number of rotatable bonds is 5. The fourth-order valence-corrected chi connectivity index (χ4v) is 2.76. The predicted molar refractivity (Wildman–Crippen MR) is 103 cm³/mol. The zero-order chi connectivity index (χ0) is 21.9. The molecule has 1 heterocycles. The Morgan fingerprint density at radius 3 is 2.53 bits per heavy atom. The minimum Gasteiger partial charge on any atom is -0.472 e. The molecule has 8 nitrogen and oxygen atoms in total. The third kappa shape index (κ3) is 4.53. The third-order valence-corrected chi connectivity index (χ3v) is 4.38. The summed E-state index contributed by atoms with van der Waals surface area (Å²) in [6.07, 6.45) is -2.84. The summed E-state index contributed by atoms with van der Waals surface area (Å²) in [5, 5.41) is 5.08. The lowest BCUT2D eigenvalue weighted by Gasteiger charge is -2.20. The van der Waals surface area contributed by atoms with Gasteiger partial charge in [0.1, 0.15) is 6.61 Å². The first kappa shape index (κ1) is 21.1. The number of nitrogens with one attached hydrogen (secondary N) is 1. The highest BCUT2D eigenvalue weighted by Crippen LogP contribution is 2.30. The molecule has 3 rings (SSSR count). The Balaban J connectivity index is 1.76. The normalized spacial score (nSPS) is 11.3. The molecular formula is C19H19F3N6O2. The monoisotopic (exact) mass is 420 g/mol. The van der Waals surface area contributed by atoms with E-state index in [0.29, 0.717) is 16.9 Å². The van der Waals surface area contributed by atoms with Crippen molar-refractivity contribution >= 4 is 11.7 Å². The summed E-state index contributed by atoms with van der Waals surface area (Å²) in [6.45, 7) is 1.88. The van der Waals surface area contributed by atoms with E-state index < -0.39 is 17.8 Å². The van der Waals surface area contributed by atoms with Crippen LogP contribution in [0.4, 0.5) is 23.7 Å². The number of carbonyl (C=O) groups excluding carboxylic acids is 1. The number of ether oxygens (including phenoxy) is 1. The molecule has 3 aromatic rings. The summed E-state index contributed by atoms with van der Waals surface area (Å²) in [5.41, 5.74) is 3.54. The van der Waals surface area contributed by atoms with Crippen molar-refractivity contribution in [2.45, 2.75) is 19.7 Å². The van der Waals surface area contributed by atoms with Crippen molar-refractivity contribution in [3.63, 3.8) is 0 Å². The average Bonchev–Trinajstić information content (AvgIpc) is 3.20. The van der Waals surface area contributed by atoms with Gasteiger partial charge in [0.05, 0.1) is 16.9 Å². The van der Waals surface area contributed by atoms with Gasteiger partial charge in [0.2, 0.25) is 5.88 Å². The first-order valence-electron chi connectivity index (χ1n) is 8.70. The molecule has 2 amide bonds. The fourth-order valence-electron chi connectivity index (χ4n) is 2.76. The molecule has 0 fully saturated rings. The van der Waals surface area contributed by atoms with Crippen LogP contribution in [0, 0.1) is 6.92 Å². The number of benzene rings is 2. The Hall–Kier alpha value is -3.57. The zero-order valence-corrected chi connectivity index (χ0v) is 15.8. The van der Waals surface area contributed by atoms with Crippen LogP contribution in [0.15, 0.2) is 54.7 Å². The second-order valence-corrected chi connectivity index (χ2v) is 6.32. The molecular weight excluding hydrogens is 401 g/mol. The number of hydrogen-bond donors (Lipinski definition) is 3. The molecule has 0 saturated heterocycles. The van der Waals surface area contributed by atoms with E-state index in [0.717, 1.165) is 22.7 Å².